The zero-order valence-corrected chi connectivity index (χ0v) is 20.5. The van der Waals surface area contributed by atoms with Crippen molar-refractivity contribution in [3.63, 3.8) is 0 Å². The van der Waals surface area contributed by atoms with Crippen LogP contribution in [0.15, 0.2) is 48.5 Å². The molecule has 1 aliphatic rings. The molecule has 0 atom stereocenters. The highest BCUT2D eigenvalue weighted by molar-refractivity contribution is 6.02. The van der Waals surface area contributed by atoms with E-state index < -0.39 is 0 Å². The molecule has 182 valence electrons. The van der Waals surface area contributed by atoms with E-state index in [2.05, 4.69) is 15.5 Å². The molecule has 2 N–H and O–H groups in total. The van der Waals surface area contributed by atoms with E-state index in [1.165, 1.54) is 0 Å². The highest BCUT2D eigenvalue weighted by Gasteiger charge is 2.26. The molecule has 8 heteroatoms. The van der Waals surface area contributed by atoms with Crippen LogP contribution in [0, 0.1) is 0 Å². The smallest absolute Gasteiger partial charge is 0.317 e. The van der Waals surface area contributed by atoms with Gasteiger partial charge in [0, 0.05) is 63.6 Å². The summed E-state index contributed by atoms with van der Waals surface area (Å²) >= 11 is 0. The first-order chi connectivity index (χ1) is 16.3. The number of hydrogen-bond acceptors (Lipinski definition) is 4. The van der Waals surface area contributed by atoms with Crippen LogP contribution in [0.4, 0.5) is 16.2 Å². The fourth-order valence-electron chi connectivity index (χ4n) is 3.93. The molecule has 0 radical (unpaired) electrons. The lowest BCUT2D eigenvalue weighted by atomic mass is 10.1. The van der Waals surface area contributed by atoms with Crippen LogP contribution in [-0.2, 0) is 11.3 Å². The second kappa shape index (κ2) is 11.5. The van der Waals surface area contributed by atoms with Gasteiger partial charge in [-0.3, -0.25) is 9.59 Å². The van der Waals surface area contributed by atoms with Crippen LogP contribution in [0.2, 0.25) is 0 Å². The molecule has 0 saturated carbocycles. The maximum absolute atomic E-state index is 13.5. The number of benzene rings is 2. The Balaban J connectivity index is 1.81. The quantitative estimate of drug-likeness (QED) is 0.655. The molecule has 1 heterocycles. The SMILES string of the molecule is CCC(=O)Nc1ccc(N2CCN(C(=O)NC(C)C)CC2)c(C(=O)N(C)Cc2ccccc2)c1. The van der Waals surface area contributed by atoms with E-state index in [-0.39, 0.29) is 23.9 Å². The number of nitrogens with one attached hydrogen (secondary N) is 2. The normalized spacial score (nSPS) is 13.6. The van der Waals surface area contributed by atoms with Gasteiger partial charge in [-0.15, -0.1) is 0 Å². The Labute approximate surface area is 201 Å². The maximum Gasteiger partial charge on any atom is 0.317 e. The number of amides is 4. The highest BCUT2D eigenvalue weighted by Crippen LogP contribution is 2.27. The van der Waals surface area contributed by atoms with Gasteiger partial charge >= 0.3 is 6.03 Å². The van der Waals surface area contributed by atoms with Gasteiger partial charge in [-0.2, -0.15) is 0 Å². The first-order valence-electron chi connectivity index (χ1n) is 11.8. The van der Waals surface area contributed by atoms with Gasteiger partial charge in [0.2, 0.25) is 5.91 Å². The number of nitrogens with zero attached hydrogens (tertiary/aromatic N) is 3. The van der Waals surface area contributed by atoms with Crippen molar-refractivity contribution in [2.45, 2.75) is 39.8 Å². The fourth-order valence-corrected chi connectivity index (χ4v) is 3.93. The van der Waals surface area contributed by atoms with Crippen LogP contribution in [0.25, 0.3) is 0 Å². The third-order valence-electron chi connectivity index (χ3n) is 5.76. The number of anilines is 2. The maximum atomic E-state index is 13.5. The fraction of sp³-hybridized carbons (Fsp3) is 0.423. The van der Waals surface area contributed by atoms with Crippen molar-refractivity contribution < 1.29 is 14.4 Å². The minimum atomic E-state index is -0.119. The van der Waals surface area contributed by atoms with E-state index >= 15 is 0 Å². The largest absolute Gasteiger partial charge is 0.367 e. The van der Waals surface area contributed by atoms with Crippen molar-refractivity contribution in [2.24, 2.45) is 0 Å². The van der Waals surface area contributed by atoms with Crippen LogP contribution in [0.1, 0.15) is 43.1 Å². The van der Waals surface area contributed by atoms with Crippen molar-refractivity contribution in [1.29, 1.82) is 0 Å². The predicted octanol–water partition coefficient (Wildman–Crippen LogP) is 3.55. The van der Waals surface area contributed by atoms with Crippen molar-refractivity contribution in [1.82, 2.24) is 15.1 Å². The average Bonchev–Trinajstić information content (AvgIpc) is 2.83. The molecule has 34 heavy (non-hydrogen) atoms. The average molecular weight is 466 g/mol. The van der Waals surface area contributed by atoms with Gasteiger partial charge in [0.25, 0.3) is 5.91 Å². The lowest BCUT2D eigenvalue weighted by Gasteiger charge is -2.37. The Hall–Kier alpha value is -3.55. The standard InChI is InChI=1S/C26H35N5O3/c1-5-24(32)28-21-11-12-23(30-13-15-31(16-14-30)26(34)27-19(2)3)22(17-21)25(33)29(4)18-20-9-7-6-8-10-20/h6-12,17,19H,5,13-16,18H2,1-4H3,(H,27,34)(H,28,32). The van der Waals surface area contributed by atoms with Gasteiger partial charge in [0.15, 0.2) is 0 Å². The molecule has 0 bridgehead atoms. The highest BCUT2D eigenvalue weighted by atomic mass is 16.2. The van der Waals surface area contributed by atoms with Crippen molar-refractivity contribution in [3.05, 3.63) is 59.7 Å². The topological polar surface area (TPSA) is 85.0 Å². The number of carbonyl (C=O) groups is 3. The molecule has 0 unspecified atom stereocenters. The number of hydrogen-bond donors (Lipinski definition) is 2. The van der Waals surface area contributed by atoms with E-state index in [0.29, 0.717) is 50.4 Å². The lowest BCUT2D eigenvalue weighted by Crippen LogP contribution is -2.53. The molecule has 1 aliphatic heterocycles. The third-order valence-corrected chi connectivity index (χ3v) is 5.76. The summed E-state index contributed by atoms with van der Waals surface area (Å²) in [5.74, 6) is -0.222. The summed E-state index contributed by atoms with van der Waals surface area (Å²) in [6.07, 6.45) is 0.360. The molecule has 1 saturated heterocycles. The van der Waals surface area contributed by atoms with E-state index in [4.69, 9.17) is 0 Å². The number of carbonyl (C=O) groups excluding carboxylic acids is 3. The molecule has 2 aromatic carbocycles. The van der Waals surface area contributed by atoms with Crippen LogP contribution in [0.5, 0.6) is 0 Å². The Morgan fingerprint density at radius 3 is 2.29 bits per heavy atom. The molecule has 2 aromatic rings. The summed E-state index contributed by atoms with van der Waals surface area (Å²) in [4.78, 5) is 43.4. The summed E-state index contributed by atoms with van der Waals surface area (Å²) in [5.41, 5.74) is 2.98. The van der Waals surface area contributed by atoms with Gasteiger partial charge in [-0.1, -0.05) is 37.3 Å². The summed E-state index contributed by atoms with van der Waals surface area (Å²) in [6, 6.07) is 15.3. The van der Waals surface area contributed by atoms with Crippen LogP contribution >= 0.6 is 0 Å². The summed E-state index contributed by atoms with van der Waals surface area (Å²) < 4.78 is 0. The Kier molecular flexibility index (Phi) is 8.51. The minimum absolute atomic E-state index is 0.0637. The van der Waals surface area contributed by atoms with Crippen LogP contribution in [0.3, 0.4) is 0 Å². The molecule has 8 nitrogen and oxygen atoms in total. The second-order valence-electron chi connectivity index (χ2n) is 8.86. The molecular weight excluding hydrogens is 430 g/mol. The molecule has 1 fully saturated rings. The van der Waals surface area contributed by atoms with E-state index in [1.54, 1.807) is 29.8 Å². The van der Waals surface area contributed by atoms with Gasteiger partial charge < -0.3 is 25.3 Å². The van der Waals surface area contributed by atoms with E-state index in [9.17, 15) is 14.4 Å². The predicted molar refractivity (Wildman–Crippen MR) is 135 cm³/mol. The second-order valence-corrected chi connectivity index (χ2v) is 8.86. The van der Waals surface area contributed by atoms with Crippen molar-refractivity contribution in [2.75, 3.05) is 43.4 Å². The van der Waals surface area contributed by atoms with Gasteiger partial charge in [-0.25, -0.2) is 4.79 Å². The first kappa shape index (κ1) is 25.1. The van der Waals surface area contributed by atoms with Crippen LogP contribution in [-0.4, -0.2) is 66.9 Å². The zero-order valence-electron chi connectivity index (χ0n) is 20.5. The molecule has 0 aromatic heterocycles. The molecule has 0 spiro atoms. The molecule has 0 aliphatic carbocycles. The molecular formula is C26H35N5O3. The molecule has 4 amide bonds. The zero-order chi connectivity index (χ0) is 24.7. The summed E-state index contributed by atoms with van der Waals surface area (Å²) in [6.45, 7) is 8.53. The number of piperazine rings is 1. The Bertz CT molecular complexity index is 1000. The third kappa shape index (κ3) is 6.50. The lowest BCUT2D eigenvalue weighted by molar-refractivity contribution is -0.115. The summed E-state index contributed by atoms with van der Waals surface area (Å²) in [5, 5.41) is 5.79. The monoisotopic (exact) mass is 465 g/mol. The Morgan fingerprint density at radius 2 is 1.68 bits per heavy atom. The van der Waals surface area contributed by atoms with Gasteiger partial charge in [0.05, 0.1) is 5.56 Å². The van der Waals surface area contributed by atoms with E-state index in [1.807, 2.05) is 56.3 Å². The number of urea groups is 1. The summed E-state index contributed by atoms with van der Waals surface area (Å²) in [7, 11) is 1.78. The van der Waals surface area contributed by atoms with E-state index in [0.717, 1.165) is 11.3 Å². The van der Waals surface area contributed by atoms with Crippen LogP contribution < -0.4 is 15.5 Å². The first-order valence-corrected chi connectivity index (χ1v) is 11.8. The number of rotatable bonds is 7. The van der Waals surface area contributed by atoms with Gasteiger partial charge in [-0.05, 0) is 37.6 Å². The minimum Gasteiger partial charge on any atom is -0.367 e. The van der Waals surface area contributed by atoms with Crippen molar-refractivity contribution >= 4 is 29.2 Å². The molecule has 3 rings (SSSR count). The van der Waals surface area contributed by atoms with Crippen molar-refractivity contribution in [3.8, 4) is 0 Å². The van der Waals surface area contributed by atoms with Gasteiger partial charge in [0.1, 0.15) is 0 Å². The Morgan fingerprint density at radius 1 is 1.00 bits per heavy atom.